The van der Waals surface area contributed by atoms with Crippen molar-refractivity contribution in [2.75, 3.05) is 6.61 Å². The Kier molecular flexibility index (Phi) is 4.03. The van der Waals surface area contributed by atoms with Crippen molar-refractivity contribution in [1.29, 1.82) is 0 Å². The second kappa shape index (κ2) is 5.74. The van der Waals surface area contributed by atoms with Crippen LogP contribution in [0.3, 0.4) is 0 Å². The van der Waals surface area contributed by atoms with Gasteiger partial charge in [0.05, 0.1) is 12.3 Å². The highest BCUT2D eigenvalue weighted by atomic mass is 16.5. The van der Waals surface area contributed by atoms with Crippen LogP contribution in [-0.2, 0) is 4.74 Å². The summed E-state index contributed by atoms with van der Waals surface area (Å²) < 4.78 is 6.25. The lowest BCUT2D eigenvalue weighted by Gasteiger charge is -2.09. The monoisotopic (exact) mass is 270 g/mol. The predicted octanol–water partition coefficient (Wildman–Crippen LogP) is 3.57. The van der Waals surface area contributed by atoms with Crippen LogP contribution in [-0.4, -0.2) is 22.3 Å². The molecule has 0 aliphatic heterocycles. The average Bonchev–Trinajstić information content (AvgIpc) is 2.91. The van der Waals surface area contributed by atoms with Gasteiger partial charge in [-0.15, -0.1) is 0 Å². The number of carbonyl (C=O) groups is 1. The predicted molar refractivity (Wildman–Crippen MR) is 78.7 cm³/mol. The van der Waals surface area contributed by atoms with Crippen LogP contribution in [0.1, 0.15) is 29.3 Å². The van der Waals surface area contributed by atoms with E-state index in [1.165, 1.54) is 22.0 Å². The first kappa shape index (κ1) is 14.1. The standard InChI is InChI=1S/C16H18N2O2/c1-5-20-16(19)18-9-15(17-10-18)13(4)14-8-6-7-11(2)12(14)3/h6-10H,4-5H2,1-3H3. The zero-order valence-electron chi connectivity index (χ0n) is 12.0. The van der Waals surface area contributed by atoms with Crippen molar-refractivity contribution in [3.63, 3.8) is 0 Å². The summed E-state index contributed by atoms with van der Waals surface area (Å²) in [5.74, 6) is 0. The minimum Gasteiger partial charge on any atom is -0.449 e. The zero-order chi connectivity index (χ0) is 14.7. The first-order chi connectivity index (χ1) is 9.54. The number of benzene rings is 1. The minimum absolute atomic E-state index is 0.338. The van der Waals surface area contributed by atoms with Crippen molar-refractivity contribution in [2.45, 2.75) is 20.8 Å². The molecule has 0 bridgehead atoms. The van der Waals surface area contributed by atoms with Crippen LogP contribution < -0.4 is 0 Å². The van der Waals surface area contributed by atoms with E-state index in [0.717, 1.165) is 11.1 Å². The maximum atomic E-state index is 11.6. The summed E-state index contributed by atoms with van der Waals surface area (Å²) in [6.45, 7) is 10.3. The molecule has 0 unspecified atom stereocenters. The fraction of sp³-hybridized carbons (Fsp3) is 0.250. The van der Waals surface area contributed by atoms with E-state index in [1.54, 1.807) is 13.1 Å². The van der Waals surface area contributed by atoms with Crippen molar-refractivity contribution in [3.05, 3.63) is 59.7 Å². The normalized spacial score (nSPS) is 10.3. The molecule has 0 atom stereocenters. The second-order valence-electron chi connectivity index (χ2n) is 4.59. The summed E-state index contributed by atoms with van der Waals surface area (Å²) in [7, 11) is 0. The van der Waals surface area contributed by atoms with E-state index >= 15 is 0 Å². The molecule has 1 heterocycles. The van der Waals surface area contributed by atoms with E-state index < -0.39 is 6.09 Å². The molecule has 104 valence electrons. The molecule has 4 heteroatoms. The van der Waals surface area contributed by atoms with Gasteiger partial charge in [0.25, 0.3) is 0 Å². The zero-order valence-corrected chi connectivity index (χ0v) is 12.0. The molecule has 1 aromatic heterocycles. The smallest absolute Gasteiger partial charge is 0.419 e. The lowest BCUT2D eigenvalue weighted by molar-refractivity contribution is 0.154. The van der Waals surface area contributed by atoms with E-state index in [-0.39, 0.29) is 0 Å². The highest BCUT2D eigenvalue weighted by Gasteiger charge is 2.12. The SMILES string of the molecule is C=C(c1cn(C(=O)OCC)cn1)c1cccc(C)c1C. The molecule has 0 fully saturated rings. The number of hydrogen-bond donors (Lipinski definition) is 0. The Morgan fingerprint density at radius 3 is 2.85 bits per heavy atom. The van der Waals surface area contributed by atoms with Crippen LogP contribution >= 0.6 is 0 Å². The van der Waals surface area contributed by atoms with Crippen LogP contribution in [0.4, 0.5) is 4.79 Å². The van der Waals surface area contributed by atoms with E-state index in [4.69, 9.17) is 4.74 Å². The second-order valence-corrected chi connectivity index (χ2v) is 4.59. The third-order valence-electron chi connectivity index (χ3n) is 3.30. The Labute approximate surface area is 118 Å². The molecule has 0 amide bonds. The summed E-state index contributed by atoms with van der Waals surface area (Å²) in [6, 6.07) is 6.06. The number of aryl methyl sites for hydroxylation is 1. The fourth-order valence-electron chi connectivity index (χ4n) is 1.99. The van der Waals surface area contributed by atoms with E-state index in [1.807, 2.05) is 12.1 Å². The molecular weight excluding hydrogens is 252 g/mol. The van der Waals surface area contributed by atoms with Crippen LogP contribution in [0.5, 0.6) is 0 Å². The molecule has 0 radical (unpaired) electrons. The highest BCUT2D eigenvalue weighted by Crippen LogP contribution is 2.24. The third kappa shape index (κ3) is 2.64. The maximum Gasteiger partial charge on any atom is 0.419 e. The number of hydrogen-bond acceptors (Lipinski definition) is 3. The molecule has 2 aromatic rings. The average molecular weight is 270 g/mol. The molecule has 20 heavy (non-hydrogen) atoms. The van der Waals surface area contributed by atoms with Crippen LogP contribution in [0.15, 0.2) is 37.3 Å². The lowest BCUT2D eigenvalue weighted by atomic mass is 9.96. The first-order valence-corrected chi connectivity index (χ1v) is 6.51. The molecule has 0 aliphatic carbocycles. The van der Waals surface area contributed by atoms with Crippen molar-refractivity contribution < 1.29 is 9.53 Å². The largest absolute Gasteiger partial charge is 0.449 e. The minimum atomic E-state index is -0.431. The van der Waals surface area contributed by atoms with E-state index in [9.17, 15) is 4.79 Å². The number of imidazole rings is 1. The maximum absolute atomic E-state index is 11.6. The Hall–Kier alpha value is -2.36. The Morgan fingerprint density at radius 2 is 2.15 bits per heavy atom. The van der Waals surface area contributed by atoms with Crippen LogP contribution in [0, 0.1) is 13.8 Å². The number of rotatable bonds is 3. The number of ether oxygens (including phenoxy) is 1. The van der Waals surface area contributed by atoms with Crippen molar-refractivity contribution >= 4 is 11.7 Å². The molecule has 0 saturated carbocycles. The van der Waals surface area contributed by atoms with E-state index in [0.29, 0.717) is 12.3 Å². The Balaban J connectivity index is 2.30. The summed E-state index contributed by atoms with van der Waals surface area (Å²) in [5.41, 5.74) is 4.89. The van der Waals surface area contributed by atoms with Gasteiger partial charge >= 0.3 is 6.09 Å². The van der Waals surface area contributed by atoms with Gasteiger partial charge < -0.3 is 4.74 Å². The van der Waals surface area contributed by atoms with Gasteiger partial charge in [0.2, 0.25) is 0 Å². The summed E-state index contributed by atoms with van der Waals surface area (Å²) >= 11 is 0. The third-order valence-corrected chi connectivity index (χ3v) is 3.30. The van der Waals surface area contributed by atoms with Gasteiger partial charge in [-0.3, -0.25) is 0 Å². The molecule has 4 nitrogen and oxygen atoms in total. The molecule has 0 spiro atoms. The molecule has 1 aromatic carbocycles. The van der Waals surface area contributed by atoms with Gasteiger partial charge in [0.1, 0.15) is 6.33 Å². The van der Waals surface area contributed by atoms with Gasteiger partial charge in [-0.1, -0.05) is 24.8 Å². The quantitative estimate of drug-likeness (QED) is 0.856. The van der Waals surface area contributed by atoms with Gasteiger partial charge in [-0.05, 0) is 37.5 Å². The number of carbonyl (C=O) groups excluding carboxylic acids is 1. The van der Waals surface area contributed by atoms with Crippen molar-refractivity contribution in [1.82, 2.24) is 9.55 Å². The van der Waals surface area contributed by atoms with Gasteiger partial charge in [0.15, 0.2) is 0 Å². The van der Waals surface area contributed by atoms with Crippen molar-refractivity contribution in [2.24, 2.45) is 0 Å². The first-order valence-electron chi connectivity index (χ1n) is 6.51. The molecule has 0 aliphatic rings. The molecule has 0 saturated heterocycles. The summed E-state index contributed by atoms with van der Waals surface area (Å²) in [6.07, 6.45) is 2.66. The van der Waals surface area contributed by atoms with Gasteiger partial charge in [-0.2, -0.15) is 0 Å². The topological polar surface area (TPSA) is 44.1 Å². The fourth-order valence-corrected chi connectivity index (χ4v) is 1.99. The van der Waals surface area contributed by atoms with Crippen molar-refractivity contribution in [3.8, 4) is 0 Å². The lowest BCUT2D eigenvalue weighted by Crippen LogP contribution is -2.11. The molecule has 0 N–H and O–H groups in total. The van der Waals surface area contributed by atoms with Crippen LogP contribution in [0.2, 0.25) is 0 Å². The van der Waals surface area contributed by atoms with Crippen LogP contribution in [0.25, 0.3) is 5.57 Å². The molecular formula is C16H18N2O2. The number of nitrogens with zero attached hydrogens (tertiary/aromatic N) is 2. The Morgan fingerprint density at radius 1 is 1.40 bits per heavy atom. The summed E-state index contributed by atoms with van der Waals surface area (Å²) in [5, 5.41) is 0. The Bertz CT molecular complexity index is 656. The highest BCUT2D eigenvalue weighted by molar-refractivity contribution is 5.79. The summed E-state index contributed by atoms with van der Waals surface area (Å²) in [4.78, 5) is 15.8. The van der Waals surface area contributed by atoms with Gasteiger partial charge in [0, 0.05) is 11.8 Å². The van der Waals surface area contributed by atoms with Gasteiger partial charge in [-0.25, -0.2) is 14.3 Å². The molecule has 2 rings (SSSR count). The number of aromatic nitrogens is 2. The van der Waals surface area contributed by atoms with E-state index in [2.05, 4.69) is 31.5 Å².